The summed E-state index contributed by atoms with van der Waals surface area (Å²) in [7, 11) is 0. The van der Waals surface area contributed by atoms with Crippen molar-refractivity contribution in [1.82, 2.24) is 4.98 Å². The van der Waals surface area contributed by atoms with Crippen molar-refractivity contribution in [3.8, 4) is 0 Å². The van der Waals surface area contributed by atoms with Gasteiger partial charge in [-0.15, -0.1) is 0 Å². The quantitative estimate of drug-likeness (QED) is 0.141. The van der Waals surface area contributed by atoms with Crippen LogP contribution in [0.5, 0.6) is 0 Å². The molecule has 0 aliphatic heterocycles. The van der Waals surface area contributed by atoms with E-state index in [0.717, 1.165) is 18.6 Å². The van der Waals surface area contributed by atoms with E-state index in [1.54, 1.807) is 18.6 Å². The van der Waals surface area contributed by atoms with Crippen molar-refractivity contribution < 1.29 is 4.84 Å². The number of pyridine rings is 1. The molecule has 0 amide bonds. The molecule has 0 atom stereocenters. The SMILES string of the molecule is CCCCCCCCCCCCCCCCCCO/N=C\c1ccncc1. The molecule has 0 saturated carbocycles. The van der Waals surface area contributed by atoms with Crippen LogP contribution < -0.4 is 0 Å². The Kier molecular flexibility index (Phi) is 17.0. The van der Waals surface area contributed by atoms with Crippen LogP contribution in [0.3, 0.4) is 0 Å². The van der Waals surface area contributed by atoms with Crippen molar-refractivity contribution in [1.29, 1.82) is 0 Å². The zero-order chi connectivity index (χ0) is 19.3. The molecule has 0 spiro atoms. The third-order valence-corrected chi connectivity index (χ3v) is 5.07. The lowest BCUT2D eigenvalue weighted by Gasteiger charge is -2.03. The first-order valence-electron chi connectivity index (χ1n) is 11.5. The van der Waals surface area contributed by atoms with Crippen molar-refractivity contribution in [2.24, 2.45) is 5.16 Å². The summed E-state index contributed by atoms with van der Waals surface area (Å²) in [5, 5.41) is 4.00. The van der Waals surface area contributed by atoms with Crippen molar-refractivity contribution in [2.75, 3.05) is 6.61 Å². The lowest BCUT2D eigenvalue weighted by Crippen LogP contribution is -1.90. The van der Waals surface area contributed by atoms with E-state index >= 15 is 0 Å². The van der Waals surface area contributed by atoms with Crippen LogP contribution in [0.4, 0.5) is 0 Å². The molecule has 0 saturated heterocycles. The van der Waals surface area contributed by atoms with Gasteiger partial charge in [-0.05, 0) is 30.5 Å². The van der Waals surface area contributed by atoms with E-state index in [-0.39, 0.29) is 0 Å². The highest BCUT2D eigenvalue weighted by atomic mass is 16.6. The van der Waals surface area contributed by atoms with Gasteiger partial charge < -0.3 is 4.84 Å². The standard InChI is InChI=1S/C24H42N2O/c1-2-3-4-5-6-7-8-9-10-11-12-13-14-15-16-17-22-27-26-23-24-18-20-25-21-19-24/h18-21,23H,2-17,22H2,1H3/b26-23-. The van der Waals surface area contributed by atoms with Gasteiger partial charge in [-0.3, -0.25) is 4.98 Å². The van der Waals surface area contributed by atoms with Crippen molar-refractivity contribution in [3.63, 3.8) is 0 Å². The molecule has 1 aromatic rings. The Hall–Kier alpha value is -1.38. The minimum absolute atomic E-state index is 0.722. The first-order valence-corrected chi connectivity index (χ1v) is 11.5. The van der Waals surface area contributed by atoms with Crippen LogP contribution in [0.1, 0.15) is 115 Å². The Morgan fingerprint density at radius 1 is 0.704 bits per heavy atom. The van der Waals surface area contributed by atoms with E-state index in [4.69, 9.17) is 4.84 Å². The first-order chi connectivity index (χ1) is 13.4. The molecule has 1 rings (SSSR count). The molecule has 3 heteroatoms. The molecule has 0 aliphatic rings. The van der Waals surface area contributed by atoms with E-state index in [0.29, 0.717) is 0 Å². The number of rotatable bonds is 19. The molecule has 154 valence electrons. The number of aromatic nitrogens is 1. The normalized spacial score (nSPS) is 11.3. The molecular weight excluding hydrogens is 332 g/mol. The molecule has 0 aliphatic carbocycles. The maximum absolute atomic E-state index is 5.31. The van der Waals surface area contributed by atoms with Gasteiger partial charge in [0, 0.05) is 12.4 Å². The lowest BCUT2D eigenvalue weighted by atomic mass is 10.0. The van der Waals surface area contributed by atoms with Crippen LogP contribution in [0.15, 0.2) is 29.7 Å². The molecule has 0 unspecified atom stereocenters. The van der Waals surface area contributed by atoms with Crippen LogP contribution in [0, 0.1) is 0 Å². The molecular formula is C24H42N2O. The lowest BCUT2D eigenvalue weighted by molar-refractivity contribution is 0.141. The second-order valence-corrected chi connectivity index (χ2v) is 7.65. The summed E-state index contributed by atoms with van der Waals surface area (Å²) < 4.78 is 0. The monoisotopic (exact) mass is 374 g/mol. The fourth-order valence-corrected chi connectivity index (χ4v) is 3.32. The molecule has 3 nitrogen and oxygen atoms in total. The molecule has 0 aromatic carbocycles. The zero-order valence-electron chi connectivity index (χ0n) is 17.7. The summed E-state index contributed by atoms with van der Waals surface area (Å²) >= 11 is 0. The van der Waals surface area contributed by atoms with Crippen LogP contribution in [0.2, 0.25) is 0 Å². The van der Waals surface area contributed by atoms with Crippen molar-refractivity contribution >= 4 is 6.21 Å². The van der Waals surface area contributed by atoms with Crippen LogP contribution in [0.25, 0.3) is 0 Å². The molecule has 0 fully saturated rings. The molecule has 1 heterocycles. The minimum atomic E-state index is 0.722. The summed E-state index contributed by atoms with van der Waals surface area (Å²) in [6.07, 6.45) is 27.5. The van der Waals surface area contributed by atoms with Crippen molar-refractivity contribution in [2.45, 2.75) is 110 Å². The number of oxime groups is 1. The molecule has 27 heavy (non-hydrogen) atoms. The predicted octanol–water partition coefficient (Wildman–Crippen LogP) is 7.69. The van der Waals surface area contributed by atoms with E-state index in [1.807, 2.05) is 12.1 Å². The maximum atomic E-state index is 5.31. The second-order valence-electron chi connectivity index (χ2n) is 7.65. The Morgan fingerprint density at radius 3 is 1.63 bits per heavy atom. The summed E-state index contributed by atoms with van der Waals surface area (Å²) in [4.78, 5) is 9.28. The van der Waals surface area contributed by atoms with E-state index in [1.165, 1.54) is 96.3 Å². The third kappa shape index (κ3) is 16.5. The zero-order valence-corrected chi connectivity index (χ0v) is 17.7. The predicted molar refractivity (Wildman–Crippen MR) is 117 cm³/mol. The van der Waals surface area contributed by atoms with Gasteiger partial charge >= 0.3 is 0 Å². The van der Waals surface area contributed by atoms with Crippen LogP contribution in [-0.4, -0.2) is 17.8 Å². The Balaban J connectivity index is 1.71. The number of nitrogens with zero attached hydrogens (tertiary/aromatic N) is 2. The summed E-state index contributed by atoms with van der Waals surface area (Å²) in [5.41, 5.74) is 1.02. The molecule has 0 radical (unpaired) electrons. The van der Waals surface area contributed by atoms with E-state index in [9.17, 15) is 0 Å². The summed E-state index contributed by atoms with van der Waals surface area (Å²) in [6.45, 7) is 3.01. The van der Waals surface area contributed by atoms with E-state index in [2.05, 4.69) is 17.1 Å². The smallest absolute Gasteiger partial charge is 0.117 e. The van der Waals surface area contributed by atoms with Gasteiger partial charge in [0.25, 0.3) is 0 Å². The summed E-state index contributed by atoms with van der Waals surface area (Å²) in [5.74, 6) is 0. The fraction of sp³-hybridized carbons (Fsp3) is 0.750. The van der Waals surface area contributed by atoms with Gasteiger partial charge in [0.2, 0.25) is 0 Å². The maximum Gasteiger partial charge on any atom is 0.117 e. The first kappa shape index (κ1) is 23.7. The van der Waals surface area contributed by atoms with Gasteiger partial charge in [0.1, 0.15) is 6.61 Å². The number of unbranched alkanes of at least 4 members (excludes halogenated alkanes) is 15. The van der Waals surface area contributed by atoms with Crippen LogP contribution in [-0.2, 0) is 4.84 Å². The van der Waals surface area contributed by atoms with Gasteiger partial charge in [0.05, 0.1) is 6.21 Å². The van der Waals surface area contributed by atoms with Gasteiger partial charge in [0.15, 0.2) is 0 Å². The van der Waals surface area contributed by atoms with E-state index < -0.39 is 0 Å². The number of hydrogen-bond acceptors (Lipinski definition) is 3. The molecule has 0 bridgehead atoms. The average Bonchev–Trinajstić information content (AvgIpc) is 2.70. The Bertz CT molecular complexity index is 433. The third-order valence-electron chi connectivity index (χ3n) is 5.07. The highest BCUT2D eigenvalue weighted by Crippen LogP contribution is 2.13. The highest BCUT2D eigenvalue weighted by molar-refractivity contribution is 5.78. The fourth-order valence-electron chi connectivity index (χ4n) is 3.32. The summed E-state index contributed by atoms with van der Waals surface area (Å²) in [6, 6.07) is 3.84. The minimum Gasteiger partial charge on any atom is -0.396 e. The van der Waals surface area contributed by atoms with Gasteiger partial charge in [-0.2, -0.15) is 0 Å². The molecule has 0 N–H and O–H groups in total. The molecule has 1 aromatic heterocycles. The largest absolute Gasteiger partial charge is 0.396 e. The Labute approximate surface area is 168 Å². The van der Waals surface area contributed by atoms with Gasteiger partial charge in [-0.25, -0.2) is 0 Å². The van der Waals surface area contributed by atoms with Crippen LogP contribution >= 0.6 is 0 Å². The topological polar surface area (TPSA) is 34.5 Å². The number of hydrogen-bond donors (Lipinski definition) is 0. The van der Waals surface area contributed by atoms with Gasteiger partial charge in [-0.1, -0.05) is 102 Å². The average molecular weight is 375 g/mol. The Morgan fingerprint density at radius 2 is 1.15 bits per heavy atom. The van der Waals surface area contributed by atoms with Crippen molar-refractivity contribution in [3.05, 3.63) is 30.1 Å². The highest BCUT2D eigenvalue weighted by Gasteiger charge is 1.95. The second kappa shape index (κ2) is 19.4.